The maximum atomic E-state index is 10.2. The van der Waals surface area contributed by atoms with Gasteiger partial charge in [-0.25, -0.2) is 0 Å². The highest BCUT2D eigenvalue weighted by atomic mass is 16.6. The Kier molecular flexibility index (Phi) is 4.82. The summed E-state index contributed by atoms with van der Waals surface area (Å²) in [4.78, 5) is 0. The molecule has 0 aromatic rings. The fourth-order valence-corrected chi connectivity index (χ4v) is 0.245. The van der Waals surface area contributed by atoms with Gasteiger partial charge >= 0.3 is 0 Å². The second-order valence-corrected chi connectivity index (χ2v) is 1.21. The van der Waals surface area contributed by atoms with E-state index in [1.54, 1.807) is 0 Å². The predicted molar refractivity (Wildman–Crippen MR) is 31.3 cm³/mol. The third kappa shape index (κ3) is 3.97. The highest BCUT2D eigenvalue weighted by molar-refractivity contribution is 4.41. The zero-order valence-electron chi connectivity index (χ0n) is 4.85. The van der Waals surface area contributed by atoms with Crippen molar-refractivity contribution in [3.05, 3.63) is 5.21 Å². The molecule has 0 aliphatic heterocycles. The van der Waals surface area contributed by atoms with Crippen LogP contribution in [0.2, 0.25) is 0 Å². The molecule has 0 amide bonds. The number of hydrogen-bond donors (Lipinski definition) is 3. The molecule has 0 heterocycles. The van der Waals surface area contributed by atoms with Crippen LogP contribution in [0.15, 0.2) is 0 Å². The Morgan fingerprint density at radius 1 is 1.75 bits per heavy atom. The molecule has 0 aliphatic rings. The molecule has 50 valence electrons. The first-order valence-electron chi connectivity index (χ1n) is 2.39. The van der Waals surface area contributed by atoms with E-state index in [4.69, 9.17) is 5.73 Å². The van der Waals surface area contributed by atoms with E-state index in [9.17, 15) is 5.21 Å². The Morgan fingerprint density at radius 3 is 2.75 bits per heavy atom. The van der Waals surface area contributed by atoms with Gasteiger partial charge in [-0.1, -0.05) is 0 Å². The van der Waals surface area contributed by atoms with Gasteiger partial charge in [-0.05, 0) is 7.05 Å². The van der Waals surface area contributed by atoms with Gasteiger partial charge in [-0.15, -0.1) is 0 Å². The highest BCUT2D eigenvalue weighted by Crippen LogP contribution is 1.60. The fourth-order valence-electron chi connectivity index (χ4n) is 0.245. The smallest absolute Gasteiger partial charge is 0.0229 e. The van der Waals surface area contributed by atoms with Crippen molar-refractivity contribution in [1.29, 1.82) is 0 Å². The van der Waals surface area contributed by atoms with E-state index >= 15 is 0 Å². The Hall–Kier alpha value is -0.200. The van der Waals surface area contributed by atoms with Gasteiger partial charge in [0.1, 0.15) is 0 Å². The normalized spacial score (nSPS) is 10.5. The molecule has 0 unspecified atom stereocenters. The zero-order chi connectivity index (χ0) is 6.41. The zero-order valence-corrected chi connectivity index (χ0v) is 4.85. The molecule has 0 fully saturated rings. The third-order valence-electron chi connectivity index (χ3n) is 0.603. The molecule has 8 heavy (non-hydrogen) atoms. The summed E-state index contributed by atoms with van der Waals surface area (Å²) in [5.74, 6) is 0. The SMILES string of the molecule is CNN([O-])NCCN. The Morgan fingerprint density at radius 2 is 2.38 bits per heavy atom. The molecule has 0 radical (unpaired) electrons. The van der Waals surface area contributed by atoms with Gasteiger partial charge < -0.3 is 10.9 Å². The summed E-state index contributed by atoms with van der Waals surface area (Å²) in [5, 5.41) is 10.7. The molecular formula is C3H11N4O-. The van der Waals surface area contributed by atoms with Crippen molar-refractivity contribution in [2.45, 2.75) is 0 Å². The maximum Gasteiger partial charge on any atom is 0.0229 e. The Labute approximate surface area is 48.4 Å². The molecule has 0 rings (SSSR count). The molecule has 0 saturated carbocycles. The van der Waals surface area contributed by atoms with Crippen molar-refractivity contribution >= 4 is 0 Å². The van der Waals surface area contributed by atoms with Crippen LogP contribution in [0, 0.1) is 5.21 Å². The lowest BCUT2D eigenvalue weighted by atomic mass is 10.7. The standard InChI is InChI=1S/C3H11N4O/c1-5-7(8)6-3-2-4/h5-6H,2-4H2,1H3/q-1. The first-order chi connectivity index (χ1) is 3.81. The molecule has 0 aromatic heterocycles. The number of hydrazine groups is 2. The Balaban J connectivity index is 2.86. The average molecular weight is 119 g/mol. The lowest BCUT2D eigenvalue weighted by Gasteiger charge is -2.26. The van der Waals surface area contributed by atoms with Crippen molar-refractivity contribution in [2.75, 3.05) is 20.1 Å². The van der Waals surface area contributed by atoms with Crippen LogP contribution in [0.25, 0.3) is 0 Å². The van der Waals surface area contributed by atoms with E-state index in [2.05, 4.69) is 10.9 Å². The molecule has 0 saturated heterocycles. The van der Waals surface area contributed by atoms with E-state index in [1.165, 1.54) is 7.05 Å². The maximum absolute atomic E-state index is 10.2. The van der Waals surface area contributed by atoms with Crippen LogP contribution < -0.4 is 16.6 Å². The number of rotatable bonds is 4. The van der Waals surface area contributed by atoms with Crippen molar-refractivity contribution in [2.24, 2.45) is 5.73 Å². The minimum Gasteiger partial charge on any atom is -0.758 e. The van der Waals surface area contributed by atoms with Gasteiger partial charge in [0.15, 0.2) is 0 Å². The summed E-state index contributed by atoms with van der Waals surface area (Å²) in [6.07, 6.45) is 0. The van der Waals surface area contributed by atoms with Crippen LogP contribution in [0.1, 0.15) is 0 Å². The summed E-state index contributed by atoms with van der Waals surface area (Å²) in [6.45, 7) is 0.949. The first kappa shape index (κ1) is 7.80. The largest absolute Gasteiger partial charge is 0.758 e. The van der Waals surface area contributed by atoms with Crippen molar-refractivity contribution in [3.8, 4) is 0 Å². The van der Waals surface area contributed by atoms with Gasteiger partial charge in [-0.3, -0.25) is 16.1 Å². The van der Waals surface area contributed by atoms with Crippen LogP contribution in [0.4, 0.5) is 0 Å². The molecule has 5 heteroatoms. The molecule has 0 atom stereocenters. The van der Waals surface area contributed by atoms with Crippen molar-refractivity contribution in [3.63, 3.8) is 0 Å². The highest BCUT2D eigenvalue weighted by Gasteiger charge is 1.79. The molecule has 0 spiro atoms. The van der Waals surface area contributed by atoms with E-state index in [0.29, 0.717) is 18.4 Å². The lowest BCUT2D eigenvalue weighted by Crippen LogP contribution is -2.43. The minimum atomic E-state index is 0.459. The summed E-state index contributed by atoms with van der Waals surface area (Å²) < 4.78 is 0. The Bertz CT molecular complexity index is 50.5. The van der Waals surface area contributed by atoms with Gasteiger partial charge in [0.2, 0.25) is 0 Å². The summed E-state index contributed by atoms with van der Waals surface area (Å²) in [5.41, 5.74) is 9.81. The monoisotopic (exact) mass is 119 g/mol. The molecule has 0 aromatic carbocycles. The molecule has 0 bridgehead atoms. The van der Waals surface area contributed by atoms with Gasteiger partial charge in [0.05, 0.1) is 0 Å². The third-order valence-corrected chi connectivity index (χ3v) is 0.603. The van der Waals surface area contributed by atoms with E-state index in [1.807, 2.05) is 0 Å². The minimum absolute atomic E-state index is 0.459. The molecule has 4 N–H and O–H groups in total. The summed E-state index contributed by atoms with van der Waals surface area (Å²) >= 11 is 0. The lowest BCUT2D eigenvalue weighted by molar-refractivity contribution is 0.210. The first-order valence-corrected chi connectivity index (χ1v) is 2.39. The second kappa shape index (κ2) is 4.95. The molecule has 0 aliphatic carbocycles. The van der Waals surface area contributed by atoms with Crippen molar-refractivity contribution in [1.82, 2.24) is 16.1 Å². The number of nitrogens with one attached hydrogen (secondary N) is 2. The van der Waals surface area contributed by atoms with Crippen LogP contribution in [-0.4, -0.2) is 25.4 Å². The number of hydrogen-bond acceptors (Lipinski definition) is 5. The van der Waals surface area contributed by atoms with Gasteiger partial charge in [0.25, 0.3) is 0 Å². The molecule has 5 nitrogen and oxygen atoms in total. The topological polar surface area (TPSA) is 76.4 Å². The van der Waals surface area contributed by atoms with Crippen LogP contribution in [0.5, 0.6) is 0 Å². The average Bonchev–Trinajstić information content (AvgIpc) is 1.83. The van der Waals surface area contributed by atoms with Crippen molar-refractivity contribution < 1.29 is 0 Å². The van der Waals surface area contributed by atoms with Gasteiger partial charge in [0, 0.05) is 13.1 Å². The predicted octanol–water partition coefficient (Wildman–Crippen LogP) is -1.62. The van der Waals surface area contributed by atoms with E-state index in [0.717, 1.165) is 0 Å². The van der Waals surface area contributed by atoms with E-state index < -0.39 is 0 Å². The number of nitrogens with zero attached hydrogens (tertiary/aromatic N) is 1. The molecular weight excluding hydrogens is 108 g/mol. The van der Waals surface area contributed by atoms with E-state index in [-0.39, 0.29) is 0 Å². The number of nitrogens with two attached hydrogens (primary N) is 1. The second-order valence-electron chi connectivity index (χ2n) is 1.21. The fraction of sp³-hybridized carbons (Fsp3) is 1.00. The van der Waals surface area contributed by atoms with Gasteiger partial charge in [-0.2, -0.15) is 0 Å². The van der Waals surface area contributed by atoms with Crippen LogP contribution in [0.3, 0.4) is 0 Å². The summed E-state index contributed by atoms with van der Waals surface area (Å²) in [7, 11) is 1.52. The summed E-state index contributed by atoms with van der Waals surface area (Å²) in [6, 6.07) is 0. The van der Waals surface area contributed by atoms with Crippen LogP contribution in [-0.2, 0) is 0 Å². The quantitative estimate of drug-likeness (QED) is 0.388. The van der Waals surface area contributed by atoms with Crippen LogP contribution >= 0.6 is 0 Å².